The number of rotatable bonds is 5. The highest BCUT2D eigenvalue weighted by Crippen LogP contribution is 2.13. The Balaban J connectivity index is 2.61. The molecule has 0 radical (unpaired) electrons. The molecular formula is C13H18N2O. The van der Waals surface area contributed by atoms with Crippen LogP contribution in [0.2, 0.25) is 0 Å². The van der Waals surface area contributed by atoms with Crippen molar-refractivity contribution in [1.29, 1.82) is 0 Å². The van der Waals surface area contributed by atoms with Gasteiger partial charge in [0.15, 0.2) is 0 Å². The summed E-state index contributed by atoms with van der Waals surface area (Å²) in [5.74, 6) is 0. The first-order valence-corrected chi connectivity index (χ1v) is 5.54. The normalized spacial score (nSPS) is 9.56. The minimum absolute atomic E-state index is 0.130. The highest BCUT2D eigenvalue weighted by atomic mass is 16.2. The second-order valence-electron chi connectivity index (χ2n) is 3.47. The van der Waals surface area contributed by atoms with E-state index >= 15 is 0 Å². The van der Waals surface area contributed by atoms with E-state index in [4.69, 9.17) is 0 Å². The Kier molecular flexibility index (Phi) is 5.12. The first-order chi connectivity index (χ1) is 7.79. The minimum Gasteiger partial charge on any atom is -0.337 e. The molecule has 0 fully saturated rings. The van der Waals surface area contributed by atoms with Gasteiger partial charge in [0, 0.05) is 12.7 Å². The Hall–Kier alpha value is -1.77. The lowest BCUT2D eigenvalue weighted by molar-refractivity contribution is 0.248. The number of carbonyl (C=O) groups excluding carboxylic acids is 1. The summed E-state index contributed by atoms with van der Waals surface area (Å²) in [5, 5.41) is 2.85. The molecule has 0 aliphatic heterocycles. The number of nitrogens with zero attached hydrogens (tertiary/aromatic N) is 1. The number of urea groups is 1. The van der Waals surface area contributed by atoms with Crippen LogP contribution in [0.1, 0.15) is 19.8 Å². The van der Waals surface area contributed by atoms with Gasteiger partial charge in [0.05, 0.1) is 5.69 Å². The van der Waals surface area contributed by atoms with Gasteiger partial charge in [0.25, 0.3) is 0 Å². The molecule has 0 saturated heterocycles. The van der Waals surface area contributed by atoms with Crippen LogP contribution in [0.5, 0.6) is 0 Å². The van der Waals surface area contributed by atoms with Gasteiger partial charge in [-0.15, -0.1) is 0 Å². The van der Waals surface area contributed by atoms with Crippen molar-refractivity contribution in [3.63, 3.8) is 0 Å². The SMILES string of the molecule is C=CN(C(=O)NCCCC)c1ccccc1. The number of nitrogens with one attached hydrogen (secondary N) is 1. The predicted molar refractivity (Wildman–Crippen MR) is 67.4 cm³/mol. The fourth-order valence-corrected chi connectivity index (χ4v) is 1.35. The van der Waals surface area contributed by atoms with Crippen molar-refractivity contribution in [2.24, 2.45) is 0 Å². The summed E-state index contributed by atoms with van der Waals surface area (Å²) in [4.78, 5) is 13.3. The highest BCUT2D eigenvalue weighted by molar-refractivity contribution is 5.93. The quantitative estimate of drug-likeness (QED) is 0.756. The van der Waals surface area contributed by atoms with E-state index in [0.29, 0.717) is 6.54 Å². The summed E-state index contributed by atoms with van der Waals surface area (Å²) < 4.78 is 0. The second kappa shape index (κ2) is 6.67. The van der Waals surface area contributed by atoms with E-state index in [1.54, 1.807) is 0 Å². The minimum atomic E-state index is -0.130. The molecule has 1 aromatic carbocycles. The maximum absolute atomic E-state index is 11.8. The molecule has 2 amide bonds. The molecule has 0 saturated carbocycles. The monoisotopic (exact) mass is 218 g/mol. The third kappa shape index (κ3) is 3.42. The van der Waals surface area contributed by atoms with Crippen molar-refractivity contribution in [1.82, 2.24) is 5.32 Å². The van der Waals surface area contributed by atoms with E-state index in [-0.39, 0.29) is 6.03 Å². The van der Waals surface area contributed by atoms with Gasteiger partial charge in [-0.2, -0.15) is 0 Å². The number of unbranched alkanes of at least 4 members (excludes halogenated alkanes) is 1. The van der Waals surface area contributed by atoms with Crippen LogP contribution in [0.3, 0.4) is 0 Å². The summed E-state index contributed by atoms with van der Waals surface area (Å²) in [6.07, 6.45) is 3.59. The van der Waals surface area contributed by atoms with Gasteiger partial charge in [0.1, 0.15) is 0 Å². The van der Waals surface area contributed by atoms with Gasteiger partial charge >= 0.3 is 6.03 Å². The smallest absolute Gasteiger partial charge is 0.325 e. The number of amides is 2. The molecular weight excluding hydrogens is 200 g/mol. The topological polar surface area (TPSA) is 32.3 Å². The summed E-state index contributed by atoms with van der Waals surface area (Å²) >= 11 is 0. The number of hydrogen-bond acceptors (Lipinski definition) is 1. The van der Waals surface area contributed by atoms with Gasteiger partial charge in [-0.3, -0.25) is 4.90 Å². The first kappa shape index (κ1) is 12.3. The van der Waals surface area contributed by atoms with E-state index in [2.05, 4.69) is 18.8 Å². The zero-order valence-electron chi connectivity index (χ0n) is 9.65. The highest BCUT2D eigenvalue weighted by Gasteiger charge is 2.10. The molecule has 16 heavy (non-hydrogen) atoms. The molecule has 86 valence electrons. The van der Waals surface area contributed by atoms with Gasteiger partial charge < -0.3 is 5.32 Å². The maximum Gasteiger partial charge on any atom is 0.325 e. The van der Waals surface area contributed by atoms with Crippen LogP contribution < -0.4 is 10.2 Å². The lowest BCUT2D eigenvalue weighted by atomic mass is 10.3. The van der Waals surface area contributed by atoms with Crippen molar-refractivity contribution in [2.75, 3.05) is 11.4 Å². The molecule has 0 aliphatic carbocycles. The van der Waals surface area contributed by atoms with Gasteiger partial charge in [0.2, 0.25) is 0 Å². The third-order valence-electron chi connectivity index (χ3n) is 2.24. The largest absolute Gasteiger partial charge is 0.337 e. The Labute approximate surface area is 96.8 Å². The molecule has 0 aromatic heterocycles. The molecule has 1 rings (SSSR count). The number of carbonyl (C=O) groups is 1. The summed E-state index contributed by atoms with van der Waals surface area (Å²) in [6, 6.07) is 9.33. The van der Waals surface area contributed by atoms with Crippen LogP contribution in [0.4, 0.5) is 10.5 Å². The Morgan fingerprint density at radius 1 is 1.44 bits per heavy atom. The molecule has 0 bridgehead atoms. The van der Waals surface area contributed by atoms with Crippen molar-refractivity contribution in [3.05, 3.63) is 43.1 Å². The van der Waals surface area contributed by atoms with Crippen molar-refractivity contribution >= 4 is 11.7 Å². The molecule has 0 unspecified atom stereocenters. The number of hydrogen-bond donors (Lipinski definition) is 1. The summed E-state index contributed by atoms with van der Waals surface area (Å²) in [5.41, 5.74) is 0.825. The predicted octanol–water partition coefficient (Wildman–Crippen LogP) is 3.15. The Morgan fingerprint density at radius 2 is 2.12 bits per heavy atom. The van der Waals surface area contributed by atoms with E-state index in [0.717, 1.165) is 18.5 Å². The van der Waals surface area contributed by atoms with Crippen LogP contribution in [-0.4, -0.2) is 12.6 Å². The first-order valence-electron chi connectivity index (χ1n) is 5.54. The van der Waals surface area contributed by atoms with Crippen LogP contribution in [-0.2, 0) is 0 Å². The second-order valence-corrected chi connectivity index (χ2v) is 3.47. The van der Waals surface area contributed by atoms with Crippen LogP contribution in [0, 0.1) is 0 Å². The molecule has 0 heterocycles. The molecule has 3 nitrogen and oxygen atoms in total. The van der Waals surface area contributed by atoms with Crippen molar-refractivity contribution in [3.8, 4) is 0 Å². The lowest BCUT2D eigenvalue weighted by Crippen LogP contribution is -2.36. The fraction of sp³-hybridized carbons (Fsp3) is 0.308. The average molecular weight is 218 g/mol. The number of benzene rings is 1. The van der Waals surface area contributed by atoms with Gasteiger partial charge in [-0.1, -0.05) is 38.1 Å². The van der Waals surface area contributed by atoms with Gasteiger partial charge in [-0.25, -0.2) is 4.79 Å². The maximum atomic E-state index is 11.8. The van der Waals surface area contributed by atoms with E-state index in [1.165, 1.54) is 11.1 Å². The molecule has 3 heteroatoms. The van der Waals surface area contributed by atoms with E-state index in [9.17, 15) is 4.79 Å². The lowest BCUT2D eigenvalue weighted by Gasteiger charge is -2.18. The molecule has 1 N–H and O–H groups in total. The Morgan fingerprint density at radius 3 is 2.69 bits per heavy atom. The molecule has 0 aliphatic rings. The molecule has 0 spiro atoms. The summed E-state index contributed by atoms with van der Waals surface area (Å²) in [7, 11) is 0. The van der Waals surface area contributed by atoms with Crippen molar-refractivity contribution < 1.29 is 4.79 Å². The van der Waals surface area contributed by atoms with Crippen LogP contribution in [0.25, 0.3) is 0 Å². The zero-order valence-corrected chi connectivity index (χ0v) is 9.65. The van der Waals surface area contributed by atoms with Crippen molar-refractivity contribution in [2.45, 2.75) is 19.8 Å². The summed E-state index contributed by atoms with van der Waals surface area (Å²) in [6.45, 7) is 6.44. The average Bonchev–Trinajstić information content (AvgIpc) is 2.32. The number of anilines is 1. The van der Waals surface area contributed by atoms with Crippen LogP contribution >= 0.6 is 0 Å². The fourth-order valence-electron chi connectivity index (χ4n) is 1.35. The van der Waals surface area contributed by atoms with E-state index in [1.807, 2.05) is 30.3 Å². The Bertz CT molecular complexity index is 335. The van der Waals surface area contributed by atoms with E-state index < -0.39 is 0 Å². The number of para-hydroxylation sites is 1. The standard InChI is InChI=1S/C13H18N2O/c1-3-5-11-14-13(16)15(4-2)12-9-7-6-8-10-12/h4,6-10H,2-3,5,11H2,1H3,(H,14,16). The van der Waals surface area contributed by atoms with Gasteiger partial charge in [-0.05, 0) is 18.6 Å². The molecule has 1 aromatic rings. The third-order valence-corrected chi connectivity index (χ3v) is 2.24. The molecule has 0 atom stereocenters. The van der Waals surface area contributed by atoms with Crippen LogP contribution in [0.15, 0.2) is 43.1 Å². The zero-order chi connectivity index (χ0) is 11.8.